The second-order valence-corrected chi connectivity index (χ2v) is 6.50. The second-order valence-electron chi connectivity index (χ2n) is 5.30. The average Bonchev–Trinajstić information content (AvgIpc) is 3.15. The maximum Gasteiger partial charge on any atom is 0.435 e. The van der Waals surface area contributed by atoms with E-state index in [1.54, 1.807) is 11.3 Å². The van der Waals surface area contributed by atoms with Gasteiger partial charge >= 0.3 is 6.18 Å². The summed E-state index contributed by atoms with van der Waals surface area (Å²) in [5.74, 6) is 0.438. The standard InChI is InChI=1S/C15H21F3N6S.HI/c1-4-11-7-20-12(25-11)8-22-14(19-5-2)21-6-10-9-24(3)23-13(10)15(16,17)18;/h7,9H,4-6,8H2,1-3H3,(H2,19,21,22);1H. The summed E-state index contributed by atoms with van der Waals surface area (Å²) in [4.78, 5) is 9.71. The number of aliphatic imine (C=N–C) groups is 1. The van der Waals surface area contributed by atoms with E-state index in [-0.39, 0.29) is 36.1 Å². The van der Waals surface area contributed by atoms with Crippen molar-refractivity contribution in [2.45, 2.75) is 39.5 Å². The Morgan fingerprint density at radius 1 is 1.31 bits per heavy atom. The summed E-state index contributed by atoms with van der Waals surface area (Å²) >= 11 is 1.60. The highest BCUT2D eigenvalue weighted by molar-refractivity contribution is 14.0. The summed E-state index contributed by atoms with van der Waals surface area (Å²) in [5.41, 5.74) is -0.864. The number of rotatable bonds is 6. The molecule has 0 aliphatic carbocycles. The van der Waals surface area contributed by atoms with Crippen LogP contribution in [-0.2, 0) is 32.7 Å². The molecule has 0 amide bonds. The van der Waals surface area contributed by atoms with Crippen molar-refractivity contribution in [1.29, 1.82) is 0 Å². The maximum absolute atomic E-state index is 13.0. The van der Waals surface area contributed by atoms with Crippen LogP contribution in [0.4, 0.5) is 13.2 Å². The third-order valence-electron chi connectivity index (χ3n) is 3.28. The Morgan fingerprint density at radius 3 is 2.62 bits per heavy atom. The van der Waals surface area contributed by atoms with Crippen LogP contribution < -0.4 is 10.6 Å². The number of hydrogen-bond acceptors (Lipinski definition) is 4. The second kappa shape index (κ2) is 10.1. The molecule has 2 heterocycles. The van der Waals surface area contributed by atoms with Crippen LogP contribution in [0.3, 0.4) is 0 Å². The van der Waals surface area contributed by atoms with E-state index in [0.29, 0.717) is 19.0 Å². The Morgan fingerprint density at radius 2 is 2.04 bits per heavy atom. The minimum Gasteiger partial charge on any atom is -0.357 e. The summed E-state index contributed by atoms with van der Waals surface area (Å²) in [5, 5.41) is 10.5. The minimum atomic E-state index is -4.49. The molecule has 2 rings (SSSR count). The van der Waals surface area contributed by atoms with Crippen molar-refractivity contribution in [2.24, 2.45) is 12.0 Å². The fourth-order valence-corrected chi connectivity index (χ4v) is 2.95. The normalized spacial score (nSPS) is 12.0. The van der Waals surface area contributed by atoms with Gasteiger partial charge in [0.15, 0.2) is 11.7 Å². The zero-order valence-corrected chi connectivity index (χ0v) is 17.9. The lowest BCUT2D eigenvalue weighted by molar-refractivity contribution is -0.142. The van der Waals surface area contributed by atoms with Gasteiger partial charge in [0.2, 0.25) is 0 Å². The third-order valence-corrected chi connectivity index (χ3v) is 4.42. The molecule has 2 aromatic rings. The molecule has 0 spiro atoms. The molecule has 0 radical (unpaired) electrons. The topological polar surface area (TPSA) is 67.1 Å². The van der Waals surface area contributed by atoms with Gasteiger partial charge < -0.3 is 10.6 Å². The Kier molecular flexibility index (Phi) is 8.80. The predicted molar refractivity (Wildman–Crippen MR) is 107 cm³/mol. The first-order chi connectivity index (χ1) is 11.8. The third kappa shape index (κ3) is 6.41. The zero-order valence-electron chi connectivity index (χ0n) is 14.7. The van der Waals surface area contributed by atoms with Gasteiger partial charge in [-0.15, -0.1) is 35.3 Å². The Bertz CT molecular complexity index is 725. The van der Waals surface area contributed by atoms with Gasteiger partial charge in [0.1, 0.15) is 5.01 Å². The van der Waals surface area contributed by atoms with Crippen molar-refractivity contribution < 1.29 is 13.2 Å². The Hall–Kier alpha value is -1.37. The van der Waals surface area contributed by atoms with Crippen molar-refractivity contribution in [3.05, 3.63) is 33.5 Å². The van der Waals surface area contributed by atoms with Crippen molar-refractivity contribution >= 4 is 41.3 Å². The molecular formula is C15H22F3IN6S. The first-order valence-electron chi connectivity index (χ1n) is 7.89. The number of aryl methyl sites for hydroxylation is 2. The van der Waals surface area contributed by atoms with Crippen LogP contribution in [-0.4, -0.2) is 27.3 Å². The minimum absolute atomic E-state index is 0. The molecule has 0 atom stereocenters. The van der Waals surface area contributed by atoms with E-state index in [4.69, 9.17) is 0 Å². The maximum atomic E-state index is 13.0. The average molecular weight is 502 g/mol. The lowest BCUT2D eigenvalue weighted by Gasteiger charge is -2.10. The number of aromatic nitrogens is 3. The first kappa shape index (κ1) is 22.7. The van der Waals surface area contributed by atoms with Crippen LogP contribution in [0, 0.1) is 0 Å². The van der Waals surface area contributed by atoms with E-state index in [0.717, 1.165) is 16.1 Å². The molecule has 0 saturated carbocycles. The zero-order chi connectivity index (χ0) is 18.4. The lowest BCUT2D eigenvalue weighted by Crippen LogP contribution is -2.36. The van der Waals surface area contributed by atoms with Crippen molar-refractivity contribution in [3.8, 4) is 0 Å². The van der Waals surface area contributed by atoms with E-state index in [2.05, 4.69) is 32.6 Å². The molecule has 0 unspecified atom stereocenters. The first-order valence-corrected chi connectivity index (χ1v) is 8.70. The van der Waals surface area contributed by atoms with E-state index >= 15 is 0 Å². The van der Waals surface area contributed by atoms with Crippen LogP contribution in [0.15, 0.2) is 17.4 Å². The molecule has 0 aliphatic rings. The fourth-order valence-electron chi connectivity index (χ4n) is 2.15. The van der Waals surface area contributed by atoms with Gasteiger partial charge in [0, 0.05) is 36.4 Å². The highest BCUT2D eigenvalue weighted by Gasteiger charge is 2.36. The van der Waals surface area contributed by atoms with Crippen LogP contribution in [0.2, 0.25) is 0 Å². The van der Waals surface area contributed by atoms with Gasteiger partial charge in [-0.2, -0.15) is 18.3 Å². The molecule has 26 heavy (non-hydrogen) atoms. The fraction of sp³-hybridized carbons (Fsp3) is 0.533. The molecule has 0 bridgehead atoms. The number of nitrogens with one attached hydrogen (secondary N) is 2. The highest BCUT2D eigenvalue weighted by atomic mass is 127. The van der Waals surface area contributed by atoms with Gasteiger partial charge in [-0.05, 0) is 13.3 Å². The smallest absolute Gasteiger partial charge is 0.357 e. The summed E-state index contributed by atoms with van der Waals surface area (Å²) < 4.78 is 40.1. The van der Waals surface area contributed by atoms with E-state index in [1.807, 2.05) is 13.1 Å². The monoisotopic (exact) mass is 502 g/mol. The molecule has 2 aromatic heterocycles. The van der Waals surface area contributed by atoms with E-state index < -0.39 is 11.9 Å². The molecule has 146 valence electrons. The largest absolute Gasteiger partial charge is 0.435 e. The Labute approximate surface area is 171 Å². The van der Waals surface area contributed by atoms with Gasteiger partial charge in [0.05, 0.1) is 13.1 Å². The number of hydrogen-bond donors (Lipinski definition) is 2. The van der Waals surface area contributed by atoms with Crippen LogP contribution in [0.25, 0.3) is 0 Å². The SMILES string of the molecule is CCNC(=NCc1cn(C)nc1C(F)(F)F)NCc1ncc(CC)s1.I. The quantitative estimate of drug-likeness (QED) is 0.362. The number of alkyl halides is 3. The van der Waals surface area contributed by atoms with Crippen LogP contribution in [0.5, 0.6) is 0 Å². The lowest BCUT2D eigenvalue weighted by atomic mass is 10.2. The highest BCUT2D eigenvalue weighted by Crippen LogP contribution is 2.30. The predicted octanol–water partition coefficient (Wildman–Crippen LogP) is 3.33. The summed E-state index contributed by atoms with van der Waals surface area (Å²) in [6, 6.07) is 0. The van der Waals surface area contributed by atoms with Gasteiger partial charge in [-0.3, -0.25) is 4.68 Å². The molecule has 6 nitrogen and oxygen atoms in total. The number of thiazole rings is 1. The van der Waals surface area contributed by atoms with Gasteiger partial charge in [-0.1, -0.05) is 6.92 Å². The molecule has 0 saturated heterocycles. The molecule has 0 aromatic carbocycles. The number of nitrogens with zero attached hydrogens (tertiary/aromatic N) is 4. The Balaban J connectivity index is 0.00000338. The van der Waals surface area contributed by atoms with E-state index in [1.165, 1.54) is 18.1 Å². The van der Waals surface area contributed by atoms with Crippen molar-refractivity contribution in [2.75, 3.05) is 6.54 Å². The van der Waals surface area contributed by atoms with Gasteiger partial charge in [-0.25, -0.2) is 9.98 Å². The molecule has 2 N–H and O–H groups in total. The molecule has 0 fully saturated rings. The number of guanidine groups is 1. The summed E-state index contributed by atoms with van der Waals surface area (Å²) in [6.07, 6.45) is -0.399. The van der Waals surface area contributed by atoms with Crippen molar-refractivity contribution in [1.82, 2.24) is 25.4 Å². The van der Waals surface area contributed by atoms with Crippen LogP contribution in [0.1, 0.15) is 35.0 Å². The van der Waals surface area contributed by atoms with Crippen LogP contribution >= 0.6 is 35.3 Å². The van der Waals surface area contributed by atoms with Crippen molar-refractivity contribution in [3.63, 3.8) is 0 Å². The molecular weight excluding hydrogens is 480 g/mol. The summed E-state index contributed by atoms with van der Waals surface area (Å²) in [6.45, 7) is 4.90. The molecule has 11 heteroatoms. The van der Waals surface area contributed by atoms with E-state index in [9.17, 15) is 13.2 Å². The summed E-state index contributed by atoms with van der Waals surface area (Å²) in [7, 11) is 1.46. The number of halogens is 4. The van der Waals surface area contributed by atoms with Gasteiger partial charge in [0.25, 0.3) is 0 Å². The molecule has 0 aliphatic heterocycles.